The normalized spacial score (nSPS) is 16.0. The minimum atomic E-state index is -5.63. The highest BCUT2D eigenvalue weighted by molar-refractivity contribution is 7.92. The first-order valence-corrected chi connectivity index (χ1v) is 10.6. The van der Waals surface area contributed by atoms with Crippen LogP contribution in [0.25, 0.3) is 0 Å². The summed E-state index contributed by atoms with van der Waals surface area (Å²) in [5, 5.41) is 2.33. The van der Waals surface area contributed by atoms with E-state index in [4.69, 9.17) is 9.15 Å². The van der Waals surface area contributed by atoms with Crippen LogP contribution in [0.2, 0.25) is 0 Å². The number of methoxy groups -OCH3 is 1. The Morgan fingerprint density at radius 1 is 1.23 bits per heavy atom. The van der Waals surface area contributed by atoms with Gasteiger partial charge in [0.25, 0.3) is 15.7 Å². The maximum Gasteiger partial charge on any atom is 0.501 e. The Labute approximate surface area is 176 Å². The van der Waals surface area contributed by atoms with Gasteiger partial charge in [0.15, 0.2) is 11.5 Å². The largest absolute Gasteiger partial charge is 0.501 e. The summed E-state index contributed by atoms with van der Waals surface area (Å²) in [6, 6.07) is 2.39. The van der Waals surface area contributed by atoms with Crippen molar-refractivity contribution in [3.63, 3.8) is 0 Å². The molecule has 0 saturated carbocycles. The zero-order chi connectivity index (χ0) is 23.4. The van der Waals surface area contributed by atoms with E-state index in [0.717, 1.165) is 12.1 Å². The number of halogens is 3. The molecule has 168 valence electrons. The summed E-state index contributed by atoms with van der Waals surface area (Å²) in [6.45, 7) is 5.32. The SMILES string of the molecule is COc1ccc(S(=O)(=O)C(F)(F)F)cc1NC(=O)c1oc2c(c1C)C(=O)CC(C)(C)C2. The second-order valence-electron chi connectivity index (χ2n) is 8.06. The van der Waals surface area contributed by atoms with Gasteiger partial charge in [-0.15, -0.1) is 0 Å². The highest BCUT2D eigenvalue weighted by Gasteiger charge is 2.47. The number of anilines is 1. The fourth-order valence-electron chi connectivity index (χ4n) is 3.56. The van der Waals surface area contributed by atoms with Crippen molar-refractivity contribution in [2.75, 3.05) is 12.4 Å². The maximum atomic E-state index is 12.9. The number of Topliss-reactive ketones (excluding diaryl/α,β-unsaturated/α-hetero) is 1. The number of ether oxygens (including phenoxy) is 1. The average Bonchev–Trinajstić information content (AvgIpc) is 2.96. The molecule has 0 radical (unpaired) electrons. The lowest BCUT2D eigenvalue weighted by Gasteiger charge is -2.27. The molecule has 0 saturated heterocycles. The number of hydrogen-bond donors (Lipinski definition) is 1. The van der Waals surface area contributed by atoms with Crippen LogP contribution >= 0.6 is 0 Å². The van der Waals surface area contributed by atoms with Crippen molar-refractivity contribution in [2.24, 2.45) is 5.41 Å². The van der Waals surface area contributed by atoms with Crippen LogP contribution in [-0.4, -0.2) is 32.7 Å². The highest BCUT2D eigenvalue weighted by atomic mass is 32.2. The predicted molar refractivity (Wildman–Crippen MR) is 104 cm³/mol. The van der Waals surface area contributed by atoms with Crippen LogP contribution in [-0.2, 0) is 16.3 Å². The summed E-state index contributed by atoms with van der Waals surface area (Å²) in [5.41, 5.74) is -5.51. The van der Waals surface area contributed by atoms with Gasteiger partial charge in [-0.2, -0.15) is 13.2 Å². The molecular weight excluding hydrogens is 439 g/mol. The van der Waals surface area contributed by atoms with E-state index in [1.54, 1.807) is 0 Å². The van der Waals surface area contributed by atoms with Crippen molar-refractivity contribution in [1.29, 1.82) is 0 Å². The number of alkyl halides is 3. The predicted octanol–water partition coefficient (Wildman–Crippen LogP) is 4.30. The van der Waals surface area contributed by atoms with Gasteiger partial charge in [0.1, 0.15) is 11.5 Å². The summed E-state index contributed by atoms with van der Waals surface area (Å²) in [6.07, 6.45) is 0.720. The third kappa shape index (κ3) is 4.06. The van der Waals surface area contributed by atoms with Crippen LogP contribution in [0.4, 0.5) is 18.9 Å². The molecular formula is C20H20F3NO6S. The van der Waals surface area contributed by atoms with E-state index in [0.29, 0.717) is 29.4 Å². The molecule has 31 heavy (non-hydrogen) atoms. The fraction of sp³-hybridized carbons (Fsp3) is 0.400. The standard InChI is InChI=1S/C20H20F3NO6S/c1-10-16-13(25)8-19(2,3)9-15(16)30-17(10)18(26)24-12-7-11(5-6-14(12)29-4)31(27,28)20(21,22)23/h5-7H,8-9H2,1-4H3,(H,24,26). The first kappa shape index (κ1) is 22.9. The van der Waals surface area contributed by atoms with E-state index in [1.165, 1.54) is 14.0 Å². The van der Waals surface area contributed by atoms with Gasteiger partial charge < -0.3 is 14.5 Å². The number of furan rings is 1. The van der Waals surface area contributed by atoms with Crippen molar-refractivity contribution < 1.29 is 40.3 Å². The van der Waals surface area contributed by atoms with Gasteiger partial charge in [0.05, 0.1) is 23.3 Å². The summed E-state index contributed by atoms with van der Waals surface area (Å²) >= 11 is 0. The highest BCUT2D eigenvalue weighted by Crippen LogP contribution is 2.39. The first-order valence-electron chi connectivity index (χ1n) is 9.14. The summed E-state index contributed by atoms with van der Waals surface area (Å²) in [5.74, 6) is -0.883. The van der Waals surface area contributed by atoms with Crippen LogP contribution in [0.3, 0.4) is 0 Å². The molecule has 0 fully saturated rings. The molecule has 1 aromatic carbocycles. The van der Waals surface area contributed by atoms with E-state index in [2.05, 4.69) is 5.32 Å². The van der Waals surface area contributed by atoms with E-state index in [-0.39, 0.29) is 34.8 Å². The van der Waals surface area contributed by atoms with E-state index >= 15 is 0 Å². The van der Waals surface area contributed by atoms with E-state index in [9.17, 15) is 31.2 Å². The second kappa shape index (κ2) is 7.40. The maximum absolute atomic E-state index is 12.9. The number of fused-ring (bicyclic) bond motifs is 1. The van der Waals surface area contributed by atoms with Crippen LogP contribution in [0.1, 0.15) is 52.5 Å². The summed E-state index contributed by atoms with van der Waals surface area (Å²) in [4.78, 5) is 24.2. The third-order valence-electron chi connectivity index (χ3n) is 5.02. The van der Waals surface area contributed by atoms with Gasteiger partial charge in [-0.1, -0.05) is 13.8 Å². The Bertz CT molecular complexity index is 1180. The minimum Gasteiger partial charge on any atom is -0.495 e. The molecule has 7 nitrogen and oxygen atoms in total. The zero-order valence-corrected chi connectivity index (χ0v) is 18.0. The molecule has 0 spiro atoms. The molecule has 3 rings (SSSR count). The van der Waals surface area contributed by atoms with Crippen LogP contribution in [0, 0.1) is 12.3 Å². The lowest BCUT2D eigenvalue weighted by molar-refractivity contribution is -0.0436. The molecule has 1 heterocycles. The van der Waals surface area contributed by atoms with Crippen LogP contribution < -0.4 is 10.1 Å². The number of carbonyl (C=O) groups is 2. The number of amides is 1. The molecule has 0 unspecified atom stereocenters. The number of ketones is 1. The van der Waals surface area contributed by atoms with Crippen molar-refractivity contribution in [3.05, 3.63) is 40.8 Å². The molecule has 1 N–H and O–H groups in total. The lowest BCUT2D eigenvalue weighted by atomic mass is 9.76. The van der Waals surface area contributed by atoms with Crippen molar-refractivity contribution >= 4 is 27.2 Å². The molecule has 11 heteroatoms. The van der Waals surface area contributed by atoms with Gasteiger partial charge in [0, 0.05) is 18.4 Å². The molecule has 0 aliphatic heterocycles. The van der Waals surface area contributed by atoms with Gasteiger partial charge >= 0.3 is 5.51 Å². The molecule has 0 atom stereocenters. The number of carbonyl (C=O) groups excluding carboxylic acids is 2. The van der Waals surface area contributed by atoms with Crippen molar-refractivity contribution in [2.45, 2.75) is 44.0 Å². The molecule has 1 amide bonds. The number of benzene rings is 1. The Hall–Kier alpha value is -2.82. The Morgan fingerprint density at radius 2 is 1.87 bits per heavy atom. The molecule has 2 aromatic rings. The Balaban J connectivity index is 2.00. The van der Waals surface area contributed by atoms with Crippen LogP contribution in [0.5, 0.6) is 5.75 Å². The lowest BCUT2D eigenvalue weighted by Crippen LogP contribution is -2.26. The summed E-state index contributed by atoms with van der Waals surface area (Å²) in [7, 11) is -4.42. The van der Waals surface area contributed by atoms with E-state index in [1.807, 2.05) is 13.8 Å². The smallest absolute Gasteiger partial charge is 0.495 e. The third-order valence-corrected chi connectivity index (χ3v) is 6.50. The van der Waals surface area contributed by atoms with Crippen LogP contribution in [0.15, 0.2) is 27.5 Å². The molecule has 1 aromatic heterocycles. The van der Waals surface area contributed by atoms with Crippen molar-refractivity contribution in [1.82, 2.24) is 0 Å². The molecule has 1 aliphatic rings. The van der Waals surface area contributed by atoms with Gasteiger partial charge in [0.2, 0.25) is 0 Å². The quantitative estimate of drug-likeness (QED) is 0.732. The fourth-order valence-corrected chi connectivity index (χ4v) is 4.35. The number of hydrogen-bond acceptors (Lipinski definition) is 6. The van der Waals surface area contributed by atoms with Gasteiger partial charge in [-0.25, -0.2) is 8.42 Å². The molecule has 1 aliphatic carbocycles. The zero-order valence-electron chi connectivity index (χ0n) is 17.1. The molecule has 0 bridgehead atoms. The second-order valence-corrected chi connectivity index (χ2v) is 10.0. The number of nitrogens with one attached hydrogen (secondary N) is 1. The topological polar surface area (TPSA) is 103 Å². The van der Waals surface area contributed by atoms with Gasteiger partial charge in [-0.3, -0.25) is 9.59 Å². The van der Waals surface area contributed by atoms with E-state index < -0.39 is 26.1 Å². The Kier molecular flexibility index (Phi) is 5.45. The number of sulfone groups is 1. The van der Waals surface area contributed by atoms with Crippen molar-refractivity contribution in [3.8, 4) is 5.75 Å². The monoisotopic (exact) mass is 459 g/mol. The first-order chi connectivity index (χ1) is 14.2. The Morgan fingerprint density at radius 3 is 2.45 bits per heavy atom. The van der Waals surface area contributed by atoms with Gasteiger partial charge in [-0.05, 0) is 30.5 Å². The minimum absolute atomic E-state index is 0.0549. The average molecular weight is 459 g/mol. The number of rotatable bonds is 4. The summed E-state index contributed by atoms with van der Waals surface area (Å²) < 4.78 is 72.7.